The quantitative estimate of drug-likeness (QED) is 0.726. The number of aryl methyl sites for hydroxylation is 2. The van der Waals surface area contributed by atoms with Crippen LogP contribution in [0.15, 0.2) is 40.9 Å². The third-order valence-corrected chi connectivity index (χ3v) is 4.06. The van der Waals surface area contributed by atoms with Gasteiger partial charge in [-0.3, -0.25) is 9.36 Å². The maximum atomic E-state index is 12.7. The number of nitrogens with one attached hydrogen (secondary N) is 1. The van der Waals surface area contributed by atoms with Gasteiger partial charge in [0.25, 0.3) is 5.91 Å². The van der Waals surface area contributed by atoms with Crippen LogP contribution in [0.4, 0.5) is 5.69 Å². The Bertz CT molecular complexity index is 985. The number of methoxy groups -OCH3 is 1. The topological polar surface area (TPSA) is 86.4 Å². The fourth-order valence-electron chi connectivity index (χ4n) is 2.84. The Kier molecular flexibility index (Phi) is 4.62. The van der Waals surface area contributed by atoms with Gasteiger partial charge in [-0.1, -0.05) is 11.2 Å². The number of carbonyl (C=O) groups is 2. The predicted molar refractivity (Wildman–Crippen MR) is 95.8 cm³/mol. The first-order valence-electron chi connectivity index (χ1n) is 8.03. The van der Waals surface area contributed by atoms with E-state index in [0.29, 0.717) is 28.4 Å². The monoisotopic (exact) mass is 353 g/mol. The minimum atomic E-state index is -0.458. The van der Waals surface area contributed by atoms with Crippen LogP contribution in [0, 0.1) is 20.8 Å². The molecule has 0 fully saturated rings. The summed E-state index contributed by atoms with van der Waals surface area (Å²) in [5.74, 6) is 0.592. The zero-order valence-corrected chi connectivity index (χ0v) is 15.0. The molecule has 0 atom stereocenters. The standard InChI is InChI=1S/C19H19N3O4/c1-11-8-16(13(3)22(11)17-9-12(2)26-21-17)18(23)20-15-7-5-6-14(10-15)19(24)25-4/h5-10H,1-4H3,(H,20,23). The molecule has 3 rings (SSSR count). The van der Waals surface area contributed by atoms with E-state index in [1.807, 2.05) is 31.4 Å². The van der Waals surface area contributed by atoms with Crippen LogP contribution >= 0.6 is 0 Å². The number of carbonyl (C=O) groups excluding carboxylic acids is 2. The lowest BCUT2D eigenvalue weighted by atomic mass is 10.2. The molecule has 7 heteroatoms. The third kappa shape index (κ3) is 3.23. The lowest BCUT2D eigenvalue weighted by Crippen LogP contribution is -2.13. The van der Waals surface area contributed by atoms with Gasteiger partial charge in [0.1, 0.15) is 5.76 Å². The molecule has 1 aromatic carbocycles. The Balaban J connectivity index is 1.89. The van der Waals surface area contributed by atoms with E-state index < -0.39 is 5.97 Å². The van der Waals surface area contributed by atoms with Crippen molar-refractivity contribution in [1.82, 2.24) is 9.72 Å². The van der Waals surface area contributed by atoms with Gasteiger partial charge in [-0.15, -0.1) is 0 Å². The molecule has 0 spiro atoms. The number of anilines is 1. The molecule has 7 nitrogen and oxygen atoms in total. The van der Waals surface area contributed by atoms with Gasteiger partial charge in [-0.2, -0.15) is 0 Å². The Labute approximate surface area is 150 Å². The molecule has 0 saturated heterocycles. The second-order valence-electron chi connectivity index (χ2n) is 5.94. The fourth-order valence-corrected chi connectivity index (χ4v) is 2.84. The summed E-state index contributed by atoms with van der Waals surface area (Å²) in [7, 11) is 1.31. The number of hydrogen-bond donors (Lipinski definition) is 1. The number of rotatable bonds is 4. The van der Waals surface area contributed by atoms with E-state index in [2.05, 4.69) is 10.5 Å². The molecule has 134 valence electrons. The van der Waals surface area contributed by atoms with Crippen LogP contribution in [0.2, 0.25) is 0 Å². The van der Waals surface area contributed by atoms with Crippen molar-refractivity contribution in [2.24, 2.45) is 0 Å². The summed E-state index contributed by atoms with van der Waals surface area (Å²) in [6.07, 6.45) is 0. The van der Waals surface area contributed by atoms with Crippen LogP contribution in [0.1, 0.15) is 37.9 Å². The lowest BCUT2D eigenvalue weighted by Gasteiger charge is -2.08. The highest BCUT2D eigenvalue weighted by Crippen LogP contribution is 2.22. The molecule has 26 heavy (non-hydrogen) atoms. The number of hydrogen-bond acceptors (Lipinski definition) is 5. The van der Waals surface area contributed by atoms with Gasteiger partial charge in [0.05, 0.1) is 18.2 Å². The van der Waals surface area contributed by atoms with Crippen molar-refractivity contribution in [3.63, 3.8) is 0 Å². The summed E-state index contributed by atoms with van der Waals surface area (Å²) < 4.78 is 11.7. The highest BCUT2D eigenvalue weighted by molar-refractivity contribution is 6.06. The summed E-state index contributed by atoms with van der Waals surface area (Å²) in [6, 6.07) is 10.2. The molecule has 2 aromatic heterocycles. The lowest BCUT2D eigenvalue weighted by molar-refractivity contribution is 0.0600. The van der Waals surface area contributed by atoms with E-state index in [-0.39, 0.29) is 5.91 Å². The third-order valence-electron chi connectivity index (χ3n) is 4.06. The van der Waals surface area contributed by atoms with Crippen LogP contribution in [0.25, 0.3) is 5.82 Å². The van der Waals surface area contributed by atoms with Crippen LogP contribution in [0.3, 0.4) is 0 Å². The van der Waals surface area contributed by atoms with Crippen molar-refractivity contribution in [3.8, 4) is 5.82 Å². The largest absolute Gasteiger partial charge is 0.465 e. The number of amides is 1. The van der Waals surface area contributed by atoms with Crippen molar-refractivity contribution in [1.29, 1.82) is 0 Å². The maximum Gasteiger partial charge on any atom is 0.337 e. The first-order valence-corrected chi connectivity index (χ1v) is 8.03. The Morgan fingerprint density at radius 3 is 2.58 bits per heavy atom. The average molecular weight is 353 g/mol. The van der Waals surface area contributed by atoms with Gasteiger partial charge in [0, 0.05) is 23.1 Å². The average Bonchev–Trinajstić information content (AvgIpc) is 3.17. The minimum absolute atomic E-state index is 0.272. The number of nitrogens with zero attached hydrogens (tertiary/aromatic N) is 2. The molecule has 3 aromatic rings. The van der Waals surface area contributed by atoms with Crippen molar-refractivity contribution < 1.29 is 18.8 Å². The highest BCUT2D eigenvalue weighted by atomic mass is 16.5. The first kappa shape index (κ1) is 17.5. The number of esters is 1. The Hall–Kier alpha value is -3.35. The number of benzene rings is 1. The molecule has 0 saturated carbocycles. The summed E-state index contributed by atoms with van der Waals surface area (Å²) in [4.78, 5) is 24.3. The summed E-state index contributed by atoms with van der Waals surface area (Å²) >= 11 is 0. The van der Waals surface area contributed by atoms with Crippen LogP contribution in [-0.4, -0.2) is 28.7 Å². The van der Waals surface area contributed by atoms with Gasteiger partial charge in [-0.25, -0.2) is 4.79 Å². The number of aromatic nitrogens is 2. The zero-order valence-electron chi connectivity index (χ0n) is 15.0. The van der Waals surface area contributed by atoms with Crippen molar-refractivity contribution in [2.75, 3.05) is 12.4 Å². The molecule has 0 aliphatic carbocycles. The molecular formula is C19H19N3O4. The van der Waals surface area contributed by atoms with E-state index in [1.165, 1.54) is 7.11 Å². The minimum Gasteiger partial charge on any atom is -0.465 e. The van der Waals surface area contributed by atoms with Crippen LogP contribution in [0.5, 0.6) is 0 Å². The second kappa shape index (κ2) is 6.87. The molecule has 0 radical (unpaired) electrons. The normalized spacial score (nSPS) is 10.6. The van der Waals surface area contributed by atoms with E-state index in [1.54, 1.807) is 30.3 Å². The van der Waals surface area contributed by atoms with Crippen LogP contribution in [-0.2, 0) is 4.74 Å². The van der Waals surface area contributed by atoms with Gasteiger partial charge in [-0.05, 0) is 45.0 Å². The molecule has 0 unspecified atom stereocenters. The van der Waals surface area contributed by atoms with Crippen molar-refractivity contribution >= 4 is 17.6 Å². The molecule has 0 aliphatic rings. The first-order chi connectivity index (χ1) is 12.4. The molecule has 0 aliphatic heterocycles. The van der Waals surface area contributed by atoms with Crippen molar-refractivity contribution in [2.45, 2.75) is 20.8 Å². The van der Waals surface area contributed by atoms with Gasteiger partial charge >= 0.3 is 5.97 Å². The van der Waals surface area contributed by atoms with Gasteiger partial charge in [0.15, 0.2) is 5.82 Å². The number of ether oxygens (including phenoxy) is 1. The summed E-state index contributed by atoms with van der Waals surface area (Å²) in [5.41, 5.74) is 3.02. The molecular weight excluding hydrogens is 334 g/mol. The molecule has 1 amide bonds. The highest BCUT2D eigenvalue weighted by Gasteiger charge is 2.19. The Morgan fingerprint density at radius 2 is 1.92 bits per heavy atom. The van der Waals surface area contributed by atoms with E-state index >= 15 is 0 Å². The second-order valence-corrected chi connectivity index (χ2v) is 5.94. The van der Waals surface area contributed by atoms with Crippen LogP contribution < -0.4 is 5.32 Å². The maximum absolute atomic E-state index is 12.7. The van der Waals surface area contributed by atoms with Crippen molar-refractivity contribution in [3.05, 3.63) is 64.7 Å². The summed E-state index contributed by atoms with van der Waals surface area (Å²) in [5, 5.41) is 6.82. The van der Waals surface area contributed by atoms with Gasteiger partial charge in [0.2, 0.25) is 0 Å². The molecule has 0 bridgehead atoms. The van der Waals surface area contributed by atoms with Gasteiger partial charge < -0.3 is 14.6 Å². The Morgan fingerprint density at radius 1 is 1.15 bits per heavy atom. The van der Waals surface area contributed by atoms with E-state index in [0.717, 1.165) is 11.4 Å². The SMILES string of the molecule is COC(=O)c1cccc(NC(=O)c2cc(C)n(-c3cc(C)on3)c2C)c1. The molecule has 2 heterocycles. The summed E-state index contributed by atoms with van der Waals surface area (Å²) in [6.45, 7) is 5.55. The van der Waals surface area contributed by atoms with E-state index in [4.69, 9.17) is 9.26 Å². The predicted octanol–water partition coefficient (Wildman–Crippen LogP) is 3.43. The van der Waals surface area contributed by atoms with E-state index in [9.17, 15) is 9.59 Å². The fraction of sp³-hybridized carbons (Fsp3) is 0.211. The smallest absolute Gasteiger partial charge is 0.337 e. The zero-order chi connectivity index (χ0) is 18.8. The molecule has 1 N–H and O–H groups in total.